The third kappa shape index (κ3) is 4.16. The first-order valence-electron chi connectivity index (χ1n) is 9.01. The molecule has 3 aromatic carbocycles. The number of rotatable bonds is 5. The number of para-hydroxylation sites is 1. The minimum atomic E-state index is -0.575. The second-order valence-electron chi connectivity index (χ2n) is 6.46. The van der Waals surface area contributed by atoms with Crippen LogP contribution in [0.3, 0.4) is 0 Å². The molecule has 0 aliphatic carbocycles. The number of nitrogens with one attached hydrogen (secondary N) is 1. The summed E-state index contributed by atoms with van der Waals surface area (Å²) in [5.74, 6) is 0.421. The van der Waals surface area contributed by atoms with E-state index < -0.39 is 17.8 Å². The molecule has 0 saturated carbocycles. The Morgan fingerprint density at radius 1 is 0.862 bits per heavy atom. The van der Waals surface area contributed by atoms with Gasteiger partial charge in [-0.2, -0.15) is 0 Å². The van der Waals surface area contributed by atoms with Gasteiger partial charge < -0.3 is 10.1 Å². The number of hydrogen-bond donors (Lipinski definition) is 1. The molecule has 1 saturated heterocycles. The van der Waals surface area contributed by atoms with Gasteiger partial charge in [-0.1, -0.05) is 48.5 Å². The van der Waals surface area contributed by atoms with Crippen LogP contribution in [0.25, 0.3) is 6.08 Å². The molecule has 0 radical (unpaired) electrons. The van der Waals surface area contributed by atoms with Gasteiger partial charge in [-0.3, -0.25) is 9.69 Å². The van der Waals surface area contributed by atoms with Crippen LogP contribution in [0.2, 0.25) is 0 Å². The molecule has 0 aromatic heterocycles. The molecular formula is C23H17FN2O3. The number of nitrogens with zero attached hydrogens (tertiary/aromatic N) is 1. The van der Waals surface area contributed by atoms with Crippen molar-refractivity contribution in [3.63, 3.8) is 0 Å². The molecule has 0 atom stereocenters. The molecule has 0 bridgehead atoms. The van der Waals surface area contributed by atoms with Crippen LogP contribution in [0.1, 0.15) is 11.1 Å². The summed E-state index contributed by atoms with van der Waals surface area (Å²) in [6, 6.07) is 22.0. The largest absolute Gasteiger partial charge is 0.457 e. The normalized spacial score (nSPS) is 14.9. The number of amides is 3. The molecule has 144 valence electrons. The quantitative estimate of drug-likeness (QED) is 0.509. The molecule has 6 heteroatoms. The van der Waals surface area contributed by atoms with Crippen molar-refractivity contribution in [1.29, 1.82) is 0 Å². The third-order valence-corrected chi connectivity index (χ3v) is 4.42. The standard InChI is InChI=1S/C23H17FN2O3/c24-20-9-5-4-6-17(20)15-26-22(27)21(25-23(26)28)14-16-10-12-19(13-11-16)29-18-7-2-1-3-8-18/h1-14H,15H2,(H,25,28)/b21-14+. The van der Waals surface area contributed by atoms with Gasteiger partial charge >= 0.3 is 6.03 Å². The van der Waals surface area contributed by atoms with Crippen molar-refractivity contribution >= 4 is 18.0 Å². The second-order valence-corrected chi connectivity index (χ2v) is 6.46. The van der Waals surface area contributed by atoms with Crippen molar-refractivity contribution in [3.05, 3.63) is 102 Å². The number of halogens is 1. The SMILES string of the molecule is O=C1N/C(=C/c2ccc(Oc3ccccc3)cc2)C(=O)N1Cc1ccccc1F. The maximum absolute atomic E-state index is 13.8. The van der Waals surface area contributed by atoms with E-state index >= 15 is 0 Å². The molecule has 0 unspecified atom stereocenters. The highest BCUT2D eigenvalue weighted by Gasteiger charge is 2.33. The molecule has 1 N–H and O–H groups in total. The number of imide groups is 1. The summed E-state index contributed by atoms with van der Waals surface area (Å²) < 4.78 is 19.6. The van der Waals surface area contributed by atoms with E-state index in [0.29, 0.717) is 5.75 Å². The van der Waals surface area contributed by atoms with Crippen molar-refractivity contribution in [3.8, 4) is 11.5 Å². The van der Waals surface area contributed by atoms with Crippen molar-refractivity contribution in [2.45, 2.75) is 6.54 Å². The summed E-state index contributed by atoms with van der Waals surface area (Å²) in [7, 11) is 0. The molecule has 4 rings (SSSR count). The molecule has 0 spiro atoms. The zero-order chi connectivity index (χ0) is 20.2. The van der Waals surface area contributed by atoms with E-state index in [0.717, 1.165) is 16.2 Å². The Balaban J connectivity index is 1.47. The van der Waals surface area contributed by atoms with Gasteiger partial charge in [-0.05, 0) is 42.0 Å². The minimum absolute atomic E-state index is 0.126. The molecule has 3 aromatic rings. The van der Waals surface area contributed by atoms with Crippen LogP contribution >= 0.6 is 0 Å². The molecule has 5 nitrogen and oxygen atoms in total. The van der Waals surface area contributed by atoms with Gasteiger partial charge in [-0.15, -0.1) is 0 Å². The Labute approximate surface area is 167 Å². The topological polar surface area (TPSA) is 58.6 Å². The van der Waals surface area contributed by atoms with E-state index in [-0.39, 0.29) is 17.8 Å². The van der Waals surface area contributed by atoms with Gasteiger partial charge in [0.2, 0.25) is 0 Å². The Bertz CT molecular complexity index is 1080. The van der Waals surface area contributed by atoms with E-state index in [1.807, 2.05) is 30.3 Å². The van der Waals surface area contributed by atoms with Crippen LogP contribution in [-0.4, -0.2) is 16.8 Å². The lowest BCUT2D eigenvalue weighted by molar-refractivity contribution is -0.123. The summed E-state index contributed by atoms with van der Waals surface area (Å²) in [6.07, 6.45) is 1.58. The van der Waals surface area contributed by atoms with Gasteiger partial charge in [0.15, 0.2) is 0 Å². The molecule has 1 aliphatic heterocycles. The highest BCUT2D eigenvalue weighted by Crippen LogP contribution is 2.23. The lowest BCUT2D eigenvalue weighted by Crippen LogP contribution is -2.30. The smallest absolute Gasteiger partial charge is 0.329 e. The third-order valence-electron chi connectivity index (χ3n) is 4.42. The fraction of sp³-hybridized carbons (Fsp3) is 0.0435. The van der Waals surface area contributed by atoms with Gasteiger partial charge in [-0.25, -0.2) is 9.18 Å². The number of carbonyl (C=O) groups excluding carboxylic acids is 2. The average Bonchev–Trinajstić information content (AvgIpc) is 2.99. The van der Waals surface area contributed by atoms with Crippen LogP contribution < -0.4 is 10.1 Å². The van der Waals surface area contributed by atoms with Gasteiger partial charge in [0.25, 0.3) is 5.91 Å². The minimum Gasteiger partial charge on any atom is -0.457 e. The Morgan fingerprint density at radius 2 is 1.52 bits per heavy atom. The maximum atomic E-state index is 13.8. The first-order valence-corrected chi connectivity index (χ1v) is 9.01. The Morgan fingerprint density at radius 3 is 2.24 bits per heavy atom. The van der Waals surface area contributed by atoms with Crippen LogP contribution in [0.15, 0.2) is 84.6 Å². The number of urea groups is 1. The molecular weight excluding hydrogens is 371 g/mol. The highest BCUT2D eigenvalue weighted by atomic mass is 19.1. The first kappa shape index (κ1) is 18.4. The number of ether oxygens (including phenoxy) is 1. The molecule has 29 heavy (non-hydrogen) atoms. The highest BCUT2D eigenvalue weighted by molar-refractivity contribution is 6.13. The number of benzene rings is 3. The van der Waals surface area contributed by atoms with E-state index in [1.165, 1.54) is 6.07 Å². The van der Waals surface area contributed by atoms with Crippen LogP contribution in [-0.2, 0) is 11.3 Å². The molecule has 1 aliphatic rings. The Kier molecular flexibility index (Phi) is 5.07. The van der Waals surface area contributed by atoms with Crippen molar-refractivity contribution < 1.29 is 18.7 Å². The number of hydrogen-bond acceptors (Lipinski definition) is 3. The van der Waals surface area contributed by atoms with E-state index in [4.69, 9.17) is 4.74 Å². The second kappa shape index (κ2) is 7.98. The van der Waals surface area contributed by atoms with Crippen molar-refractivity contribution in [2.24, 2.45) is 0 Å². The Hall–Kier alpha value is -3.93. The van der Waals surface area contributed by atoms with E-state index in [2.05, 4.69) is 5.32 Å². The summed E-state index contributed by atoms with van der Waals surface area (Å²) in [6.45, 7) is -0.126. The first-order chi connectivity index (χ1) is 14.1. The zero-order valence-corrected chi connectivity index (χ0v) is 15.3. The predicted molar refractivity (Wildman–Crippen MR) is 106 cm³/mol. The predicted octanol–water partition coefficient (Wildman–Crippen LogP) is 4.71. The van der Waals surface area contributed by atoms with E-state index in [9.17, 15) is 14.0 Å². The lowest BCUT2D eigenvalue weighted by atomic mass is 10.1. The van der Waals surface area contributed by atoms with Crippen LogP contribution in [0, 0.1) is 5.82 Å². The van der Waals surface area contributed by atoms with Crippen LogP contribution in [0.4, 0.5) is 9.18 Å². The summed E-state index contributed by atoms with van der Waals surface area (Å²) in [4.78, 5) is 25.7. The molecule has 1 fully saturated rings. The summed E-state index contributed by atoms with van der Waals surface area (Å²) in [5.41, 5.74) is 1.14. The van der Waals surface area contributed by atoms with Gasteiger partial charge in [0.05, 0.1) is 6.54 Å². The fourth-order valence-corrected chi connectivity index (χ4v) is 2.94. The molecule has 1 heterocycles. The molecule has 3 amide bonds. The average molecular weight is 388 g/mol. The van der Waals surface area contributed by atoms with Crippen LogP contribution in [0.5, 0.6) is 11.5 Å². The maximum Gasteiger partial charge on any atom is 0.329 e. The van der Waals surface area contributed by atoms with Gasteiger partial charge in [0, 0.05) is 5.56 Å². The number of carbonyl (C=O) groups is 2. The zero-order valence-electron chi connectivity index (χ0n) is 15.3. The van der Waals surface area contributed by atoms with Gasteiger partial charge in [0.1, 0.15) is 23.0 Å². The monoisotopic (exact) mass is 388 g/mol. The summed E-state index contributed by atoms with van der Waals surface area (Å²) >= 11 is 0. The van der Waals surface area contributed by atoms with Crippen molar-refractivity contribution in [1.82, 2.24) is 10.2 Å². The van der Waals surface area contributed by atoms with E-state index in [1.54, 1.807) is 48.5 Å². The van der Waals surface area contributed by atoms with Crippen molar-refractivity contribution in [2.75, 3.05) is 0 Å². The fourth-order valence-electron chi connectivity index (χ4n) is 2.94. The summed E-state index contributed by atoms with van der Waals surface area (Å²) in [5, 5.41) is 2.54. The lowest BCUT2D eigenvalue weighted by Gasteiger charge is -2.12.